The molecule has 3 heterocycles. The Morgan fingerprint density at radius 1 is 0.931 bits per heavy atom. The highest BCUT2D eigenvalue weighted by atomic mass is 15.4. The highest BCUT2D eigenvalue weighted by molar-refractivity contribution is 6.72. The molecule has 152 valence electrons. The van der Waals surface area contributed by atoms with E-state index in [-0.39, 0.29) is 17.8 Å². The Morgan fingerprint density at radius 3 is 2.45 bits per heavy atom. The van der Waals surface area contributed by atoms with E-state index in [1.54, 1.807) is 0 Å². The second kappa shape index (κ2) is 7.55. The fraction of sp³-hybridized carbons (Fsp3) is 0.480. The summed E-state index contributed by atoms with van der Waals surface area (Å²) in [5.41, 5.74) is 2.80. The third-order valence-electron chi connectivity index (χ3n) is 7.80. The van der Waals surface area contributed by atoms with Crippen LogP contribution in [0.2, 0.25) is 5.31 Å². The number of benzene rings is 1. The van der Waals surface area contributed by atoms with Gasteiger partial charge in [0.15, 0.2) is 0 Å². The predicted molar refractivity (Wildman–Crippen MR) is 124 cm³/mol. The average Bonchev–Trinajstić information content (AvgIpc) is 3.22. The Kier molecular flexibility index (Phi) is 5.22. The molecule has 29 heavy (non-hydrogen) atoms. The molecule has 0 saturated carbocycles. The molecule has 0 saturated heterocycles. The van der Waals surface area contributed by atoms with E-state index in [9.17, 15) is 0 Å². The van der Waals surface area contributed by atoms with Gasteiger partial charge in [0.1, 0.15) is 5.54 Å². The molecule has 2 aliphatic rings. The standard InChI is InChI=1S/C25H35BN3/c1-6-9-13-21-14-12-15-22(20-21)28-18-19-29-23-16-10-11-17-27(23)25(5,8-3)24(4,7-2)26(28)29/h10-12,14-20H,6-9,13H2,1-5H3/q+1. The minimum absolute atomic E-state index is 0.0452. The summed E-state index contributed by atoms with van der Waals surface area (Å²) in [6, 6.07) is 15.8. The lowest BCUT2D eigenvalue weighted by Gasteiger charge is -2.51. The van der Waals surface area contributed by atoms with Crippen LogP contribution in [0, 0.1) is 0 Å². The zero-order valence-electron chi connectivity index (χ0n) is 18.7. The van der Waals surface area contributed by atoms with Gasteiger partial charge in [-0.2, -0.15) is 0 Å². The molecule has 2 unspecified atom stereocenters. The summed E-state index contributed by atoms with van der Waals surface area (Å²) in [4.78, 5) is 5.00. The van der Waals surface area contributed by atoms with Crippen molar-refractivity contribution in [3.63, 3.8) is 0 Å². The van der Waals surface area contributed by atoms with E-state index in [1.165, 1.54) is 29.9 Å². The summed E-state index contributed by atoms with van der Waals surface area (Å²) in [6.07, 6.45) is 12.7. The third kappa shape index (κ3) is 2.91. The lowest BCUT2D eigenvalue weighted by atomic mass is 9.39. The van der Waals surface area contributed by atoms with Crippen molar-refractivity contribution in [1.29, 1.82) is 0 Å². The zero-order chi connectivity index (χ0) is 20.6. The second-order valence-electron chi connectivity index (χ2n) is 9.09. The molecule has 2 aliphatic heterocycles. The van der Waals surface area contributed by atoms with E-state index < -0.39 is 0 Å². The molecule has 0 amide bonds. The van der Waals surface area contributed by atoms with Crippen LogP contribution in [0.1, 0.15) is 65.9 Å². The molecular formula is C25H35BN3+. The average molecular weight is 388 g/mol. The van der Waals surface area contributed by atoms with Gasteiger partial charge in [0.2, 0.25) is 0 Å². The smallest absolute Gasteiger partial charge is 0.346 e. The van der Waals surface area contributed by atoms with Gasteiger partial charge in [0.25, 0.3) is 5.82 Å². The van der Waals surface area contributed by atoms with Gasteiger partial charge in [-0.3, -0.25) is 4.81 Å². The zero-order valence-corrected chi connectivity index (χ0v) is 18.7. The molecule has 2 atom stereocenters. The fourth-order valence-corrected chi connectivity index (χ4v) is 5.49. The summed E-state index contributed by atoms with van der Waals surface area (Å²) in [6.45, 7) is 12.2. The number of pyridine rings is 1. The number of aryl methyl sites for hydroxylation is 1. The molecule has 4 heteroatoms. The quantitative estimate of drug-likeness (QED) is 0.450. The Hall–Kier alpha value is -2.23. The molecule has 3 nitrogen and oxygen atoms in total. The van der Waals surface area contributed by atoms with Gasteiger partial charge in [0, 0.05) is 18.0 Å². The summed E-state index contributed by atoms with van der Waals surface area (Å²) in [5, 5.41) is 0.0870. The molecule has 1 aromatic carbocycles. The van der Waals surface area contributed by atoms with Crippen LogP contribution in [0.25, 0.3) is 0 Å². The predicted octanol–water partition coefficient (Wildman–Crippen LogP) is 5.91. The number of anilines is 2. The number of unbranched alkanes of at least 4 members (excludes halogenated alkanes) is 1. The van der Waals surface area contributed by atoms with E-state index in [0.29, 0.717) is 0 Å². The van der Waals surface area contributed by atoms with Crippen molar-refractivity contribution in [2.75, 3.05) is 9.62 Å². The lowest BCUT2D eigenvalue weighted by molar-refractivity contribution is -0.758. The molecule has 0 aliphatic carbocycles. The van der Waals surface area contributed by atoms with E-state index in [1.807, 2.05) is 0 Å². The molecule has 0 spiro atoms. The lowest BCUT2D eigenvalue weighted by Crippen LogP contribution is -2.74. The Morgan fingerprint density at radius 2 is 1.72 bits per heavy atom. The van der Waals surface area contributed by atoms with Crippen molar-refractivity contribution in [2.45, 2.75) is 77.6 Å². The van der Waals surface area contributed by atoms with Crippen LogP contribution in [-0.4, -0.2) is 6.98 Å². The van der Waals surface area contributed by atoms with Gasteiger partial charge in [0.05, 0.1) is 17.7 Å². The van der Waals surface area contributed by atoms with E-state index >= 15 is 0 Å². The normalized spacial score (nSPS) is 25.3. The van der Waals surface area contributed by atoms with Crippen molar-refractivity contribution in [3.8, 4) is 0 Å². The number of rotatable bonds is 6. The summed E-state index contributed by atoms with van der Waals surface area (Å²) in [7, 11) is 0. The topological polar surface area (TPSA) is 10.4 Å². The van der Waals surface area contributed by atoms with Crippen LogP contribution in [0.4, 0.5) is 11.5 Å². The van der Waals surface area contributed by atoms with Crippen molar-refractivity contribution in [3.05, 3.63) is 66.6 Å². The highest BCUT2D eigenvalue weighted by Gasteiger charge is 2.67. The third-order valence-corrected chi connectivity index (χ3v) is 7.80. The molecule has 4 rings (SSSR count). The maximum Gasteiger partial charge on any atom is 0.516 e. The number of nitrogens with zero attached hydrogens (tertiary/aromatic N) is 3. The Labute approximate surface area is 177 Å². The van der Waals surface area contributed by atoms with Crippen molar-refractivity contribution in [1.82, 2.24) is 0 Å². The second-order valence-corrected chi connectivity index (χ2v) is 9.09. The SMILES string of the molecule is CCCCc1cccc(N2C=CN3B2C(C)(CC)C(C)(CC)[n+]2ccccc23)c1. The summed E-state index contributed by atoms with van der Waals surface area (Å²) < 4.78 is 2.51. The molecule has 1 aromatic heterocycles. The van der Waals surface area contributed by atoms with Gasteiger partial charge in [-0.05, 0) is 56.4 Å². The molecule has 0 bridgehead atoms. The first-order valence-electron chi connectivity index (χ1n) is 11.3. The van der Waals surface area contributed by atoms with Crippen molar-refractivity contribution in [2.24, 2.45) is 0 Å². The van der Waals surface area contributed by atoms with Crippen molar-refractivity contribution < 1.29 is 4.57 Å². The van der Waals surface area contributed by atoms with E-state index in [4.69, 9.17) is 0 Å². The maximum absolute atomic E-state index is 2.52. The van der Waals surface area contributed by atoms with Crippen molar-refractivity contribution >= 4 is 18.5 Å². The summed E-state index contributed by atoms with van der Waals surface area (Å²) >= 11 is 0. The Bertz CT molecular complexity index is 910. The minimum Gasteiger partial charge on any atom is -0.346 e. The molecule has 0 N–H and O–H groups in total. The molecule has 2 aromatic rings. The summed E-state index contributed by atoms with van der Waals surface area (Å²) in [5.74, 6) is 1.29. The first kappa shape index (κ1) is 20.1. The van der Waals surface area contributed by atoms with Crippen LogP contribution in [0.3, 0.4) is 0 Å². The highest BCUT2D eigenvalue weighted by Crippen LogP contribution is 2.55. The van der Waals surface area contributed by atoms with Crippen LogP contribution in [-0.2, 0) is 12.0 Å². The minimum atomic E-state index is 0.0452. The number of hydrogen-bond acceptors (Lipinski definition) is 2. The van der Waals surface area contributed by atoms with Gasteiger partial charge in [-0.15, -0.1) is 0 Å². The van der Waals surface area contributed by atoms with E-state index in [0.717, 1.165) is 19.3 Å². The van der Waals surface area contributed by atoms with Crippen LogP contribution >= 0.6 is 0 Å². The van der Waals surface area contributed by atoms with Crippen LogP contribution < -0.4 is 14.2 Å². The molecule has 0 fully saturated rings. The largest absolute Gasteiger partial charge is 0.516 e. The van der Waals surface area contributed by atoms with Gasteiger partial charge in [-0.25, -0.2) is 4.57 Å². The van der Waals surface area contributed by atoms with Gasteiger partial charge >= 0.3 is 6.98 Å². The first-order chi connectivity index (χ1) is 14.0. The molecule has 0 radical (unpaired) electrons. The monoisotopic (exact) mass is 388 g/mol. The number of fused-ring (bicyclic) bond motifs is 3. The van der Waals surface area contributed by atoms with E-state index in [2.05, 4.69) is 110 Å². The maximum atomic E-state index is 2.52. The number of hydrogen-bond donors (Lipinski definition) is 0. The fourth-order valence-electron chi connectivity index (χ4n) is 5.49. The van der Waals surface area contributed by atoms with Crippen LogP contribution in [0.5, 0.6) is 0 Å². The van der Waals surface area contributed by atoms with Crippen LogP contribution in [0.15, 0.2) is 61.1 Å². The van der Waals surface area contributed by atoms with Gasteiger partial charge < -0.3 is 4.81 Å². The first-order valence-corrected chi connectivity index (χ1v) is 11.3. The van der Waals surface area contributed by atoms with Gasteiger partial charge in [-0.1, -0.05) is 52.3 Å². The Balaban J connectivity index is 1.82. The number of aromatic nitrogens is 1. The molecular weight excluding hydrogens is 353 g/mol.